The third-order valence-corrected chi connectivity index (χ3v) is 4.58. The van der Waals surface area contributed by atoms with Gasteiger partial charge in [-0.2, -0.15) is 0 Å². The van der Waals surface area contributed by atoms with E-state index in [1.807, 2.05) is 18.3 Å². The fraction of sp³-hybridized carbons (Fsp3) is 0.615. The molecule has 0 saturated carbocycles. The van der Waals surface area contributed by atoms with E-state index in [1.54, 1.807) is 0 Å². The summed E-state index contributed by atoms with van der Waals surface area (Å²) in [5.74, 6) is 0.393. The zero-order valence-electron chi connectivity index (χ0n) is 9.60. The van der Waals surface area contributed by atoms with Crippen LogP contribution in [-0.2, 0) is 4.74 Å². The quantitative estimate of drug-likeness (QED) is 0.792. The molecular formula is C13H18BrNO. The number of nitrogens with zero attached hydrogens (tertiary/aromatic N) is 1. The second-order valence-electron chi connectivity index (χ2n) is 4.39. The number of aromatic nitrogens is 1. The normalized spacial score (nSPS) is 25.0. The Morgan fingerprint density at radius 1 is 1.44 bits per heavy atom. The molecule has 2 heterocycles. The van der Waals surface area contributed by atoms with Crippen molar-refractivity contribution in [1.82, 2.24) is 4.98 Å². The van der Waals surface area contributed by atoms with Crippen LogP contribution in [0.1, 0.15) is 37.8 Å². The molecule has 3 unspecified atom stereocenters. The van der Waals surface area contributed by atoms with Crippen LogP contribution in [0.5, 0.6) is 0 Å². The van der Waals surface area contributed by atoms with Crippen molar-refractivity contribution in [2.75, 3.05) is 6.61 Å². The van der Waals surface area contributed by atoms with Gasteiger partial charge in [0.1, 0.15) is 0 Å². The standard InChI is InChI=1S/C13H18BrNO/c1-10(11-6-2-4-8-15-11)13(14)12-7-3-5-9-16-12/h2,4,6,8,10,12-13H,3,5,7,9H2,1H3. The van der Waals surface area contributed by atoms with Crippen molar-refractivity contribution in [3.8, 4) is 0 Å². The number of halogens is 1. The van der Waals surface area contributed by atoms with Crippen molar-refractivity contribution in [2.24, 2.45) is 0 Å². The molecule has 1 aromatic heterocycles. The van der Waals surface area contributed by atoms with Crippen molar-refractivity contribution in [3.05, 3.63) is 30.1 Å². The van der Waals surface area contributed by atoms with Crippen LogP contribution >= 0.6 is 15.9 Å². The molecule has 0 N–H and O–H groups in total. The van der Waals surface area contributed by atoms with E-state index in [-0.39, 0.29) is 0 Å². The fourth-order valence-corrected chi connectivity index (χ4v) is 2.83. The third kappa shape index (κ3) is 2.83. The van der Waals surface area contributed by atoms with Crippen LogP contribution in [0.25, 0.3) is 0 Å². The molecule has 16 heavy (non-hydrogen) atoms. The number of rotatable bonds is 3. The Kier molecular flexibility index (Phi) is 4.36. The van der Waals surface area contributed by atoms with Gasteiger partial charge in [-0.1, -0.05) is 28.9 Å². The molecule has 1 aliphatic rings. The van der Waals surface area contributed by atoms with Crippen LogP contribution in [-0.4, -0.2) is 22.5 Å². The number of ether oxygens (including phenoxy) is 1. The van der Waals surface area contributed by atoms with Gasteiger partial charge in [0.15, 0.2) is 0 Å². The first-order chi connectivity index (χ1) is 7.79. The van der Waals surface area contributed by atoms with Gasteiger partial charge >= 0.3 is 0 Å². The maximum atomic E-state index is 5.81. The monoisotopic (exact) mass is 283 g/mol. The molecule has 1 fully saturated rings. The van der Waals surface area contributed by atoms with Gasteiger partial charge in [0.2, 0.25) is 0 Å². The molecule has 2 nitrogen and oxygen atoms in total. The predicted molar refractivity (Wildman–Crippen MR) is 69.0 cm³/mol. The molecule has 3 atom stereocenters. The highest BCUT2D eigenvalue weighted by Crippen LogP contribution is 2.31. The molecular weight excluding hydrogens is 266 g/mol. The lowest BCUT2D eigenvalue weighted by Crippen LogP contribution is -2.32. The molecule has 3 heteroatoms. The van der Waals surface area contributed by atoms with E-state index in [1.165, 1.54) is 12.8 Å². The predicted octanol–water partition coefficient (Wildman–Crippen LogP) is 3.52. The summed E-state index contributed by atoms with van der Waals surface area (Å²) in [5.41, 5.74) is 1.14. The summed E-state index contributed by atoms with van der Waals surface area (Å²) in [6, 6.07) is 6.08. The topological polar surface area (TPSA) is 22.1 Å². The van der Waals surface area contributed by atoms with Gasteiger partial charge in [-0.15, -0.1) is 0 Å². The van der Waals surface area contributed by atoms with E-state index in [4.69, 9.17) is 4.74 Å². The molecule has 1 aromatic rings. The summed E-state index contributed by atoms with van der Waals surface area (Å²) >= 11 is 3.78. The van der Waals surface area contributed by atoms with E-state index >= 15 is 0 Å². The lowest BCUT2D eigenvalue weighted by molar-refractivity contribution is 0.0130. The van der Waals surface area contributed by atoms with E-state index in [2.05, 4.69) is 33.9 Å². The van der Waals surface area contributed by atoms with Crippen LogP contribution in [0.15, 0.2) is 24.4 Å². The lowest BCUT2D eigenvalue weighted by atomic mass is 9.95. The summed E-state index contributed by atoms with van der Waals surface area (Å²) in [5, 5.41) is 0. The van der Waals surface area contributed by atoms with E-state index in [9.17, 15) is 0 Å². The second-order valence-corrected chi connectivity index (χ2v) is 5.45. The summed E-state index contributed by atoms with van der Waals surface area (Å²) in [6.45, 7) is 3.11. The Morgan fingerprint density at radius 2 is 2.31 bits per heavy atom. The minimum Gasteiger partial charge on any atom is -0.377 e. The maximum absolute atomic E-state index is 5.81. The molecule has 0 amide bonds. The van der Waals surface area contributed by atoms with Gasteiger partial charge in [-0.3, -0.25) is 4.98 Å². The van der Waals surface area contributed by atoms with E-state index < -0.39 is 0 Å². The zero-order chi connectivity index (χ0) is 11.4. The average Bonchev–Trinajstić information content (AvgIpc) is 2.39. The first kappa shape index (κ1) is 12.1. The average molecular weight is 284 g/mol. The van der Waals surface area contributed by atoms with Crippen LogP contribution in [0.3, 0.4) is 0 Å². The molecule has 0 aliphatic carbocycles. The van der Waals surface area contributed by atoms with Gasteiger partial charge in [0.05, 0.1) is 6.10 Å². The smallest absolute Gasteiger partial charge is 0.0706 e. The zero-order valence-corrected chi connectivity index (χ0v) is 11.2. The highest BCUT2D eigenvalue weighted by atomic mass is 79.9. The Labute approximate surface area is 106 Å². The van der Waals surface area contributed by atoms with Crippen molar-refractivity contribution in [3.63, 3.8) is 0 Å². The van der Waals surface area contributed by atoms with Gasteiger partial charge in [0, 0.05) is 29.2 Å². The van der Waals surface area contributed by atoms with Crippen molar-refractivity contribution in [2.45, 2.75) is 43.0 Å². The Balaban J connectivity index is 2.00. The summed E-state index contributed by atoms with van der Waals surface area (Å²) in [6.07, 6.45) is 5.83. The Bertz CT molecular complexity index is 311. The molecule has 88 valence electrons. The van der Waals surface area contributed by atoms with Gasteiger partial charge in [-0.05, 0) is 31.4 Å². The van der Waals surface area contributed by atoms with Gasteiger partial charge in [0.25, 0.3) is 0 Å². The number of alkyl halides is 1. The summed E-state index contributed by atoms with van der Waals surface area (Å²) in [4.78, 5) is 4.77. The van der Waals surface area contributed by atoms with Crippen molar-refractivity contribution in [1.29, 1.82) is 0 Å². The molecule has 2 rings (SSSR count). The van der Waals surface area contributed by atoms with Crippen LogP contribution in [0.2, 0.25) is 0 Å². The molecule has 0 spiro atoms. The van der Waals surface area contributed by atoms with Gasteiger partial charge in [-0.25, -0.2) is 0 Å². The molecule has 1 aliphatic heterocycles. The molecule has 1 saturated heterocycles. The summed E-state index contributed by atoms with van der Waals surface area (Å²) < 4.78 is 5.81. The van der Waals surface area contributed by atoms with Crippen LogP contribution in [0.4, 0.5) is 0 Å². The maximum Gasteiger partial charge on any atom is 0.0706 e. The van der Waals surface area contributed by atoms with Crippen LogP contribution < -0.4 is 0 Å². The lowest BCUT2D eigenvalue weighted by Gasteiger charge is -2.30. The minimum absolute atomic E-state index is 0.339. The highest BCUT2D eigenvalue weighted by Gasteiger charge is 2.28. The van der Waals surface area contributed by atoms with Crippen molar-refractivity contribution < 1.29 is 4.74 Å². The Morgan fingerprint density at radius 3 is 2.94 bits per heavy atom. The SMILES string of the molecule is CC(c1ccccn1)C(Br)C1CCCCO1. The first-order valence-electron chi connectivity index (χ1n) is 5.95. The second kappa shape index (κ2) is 5.78. The molecule has 0 bridgehead atoms. The highest BCUT2D eigenvalue weighted by molar-refractivity contribution is 9.09. The number of hydrogen-bond donors (Lipinski definition) is 0. The van der Waals surface area contributed by atoms with E-state index in [0.29, 0.717) is 16.8 Å². The van der Waals surface area contributed by atoms with E-state index in [0.717, 1.165) is 18.7 Å². The van der Waals surface area contributed by atoms with Gasteiger partial charge < -0.3 is 4.74 Å². The minimum atomic E-state index is 0.339. The fourth-order valence-electron chi connectivity index (χ4n) is 2.15. The number of hydrogen-bond acceptors (Lipinski definition) is 2. The third-order valence-electron chi connectivity index (χ3n) is 3.20. The number of pyridine rings is 1. The molecule has 0 radical (unpaired) electrons. The summed E-state index contributed by atoms with van der Waals surface area (Å²) in [7, 11) is 0. The largest absolute Gasteiger partial charge is 0.377 e. The first-order valence-corrected chi connectivity index (χ1v) is 6.87. The van der Waals surface area contributed by atoms with Crippen LogP contribution in [0, 0.1) is 0 Å². The van der Waals surface area contributed by atoms with Crippen molar-refractivity contribution >= 4 is 15.9 Å². The Hall–Kier alpha value is -0.410. The molecule has 0 aromatic carbocycles.